The molecule has 1 saturated heterocycles. The molecule has 0 radical (unpaired) electrons. The standard InChI is InChI=1S/C17H25N3O2.ClH/c1-10(2)19-17(22)15-7-14(6-5-11(15)3)20-16(21)12(4)13-8-18-9-13;/h5-7,10,12-13,18H,8-9H2,1-4H3,(H,19,22)(H,20,21);1H. The monoisotopic (exact) mass is 339 g/mol. The molecule has 1 heterocycles. The largest absolute Gasteiger partial charge is 0.350 e. The van der Waals surface area contributed by atoms with Gasteiger partial charge in [0.2, 0.25) is 5.91 Å². The Bertz CT molecular complexity index is 571. The summed E-state index contributed by atoms with van der Waals surface area (Å²) in [5.74, 6) is 0.259. The molecule has 6 heteroatoms. The molecule has 1 fully saturated rings. The first-order valence-corrected chi connectivity index (χ1v) is 7.81. The lowest BCUT2D eigenvalue weighted by Gasteiger charge is -2.31. The molecule has 1 atom stereocenters. The van der Waals surface area contributed by atoms with Gasteiger partial charge < -0.3 is 16.0 Å². The molecule has 0 aromatic heterocycles. The zero-order valence-electron chi connectivity index (χ0n) is 14.1. The van der Waals surface area contributed by atoms with Crippen molar-refractivity contribution in [3.63, 3.8) is 0 Å². The maximum Gasteiger partial charge on any atom is 0.251 e. The summed E-state index contributed by atoms with van der Waals surface area (Å²) in [6.45, 7) is 9.47. The number of hydrogen-bond acceptors (Lipinski definition) is 3. The Morgan fingerprint density at radius 1 is 1.22 bits per heavy atom. The number of anilines is 1. The van der Waals surface area contributed by atoms with Gasteiger partial charge in [0.15, 0.2) is 0 Å². The molecular weight excluding hydrogens is 314 g/mol. The van der Waals surface area contributed by atoms with Crippen LogP contribution in [0.4, 0.5) is 5.69 Å². The summed E-state index contributed by atoms with van der Waals surface area (Å²) >= 11 is 0. The molecule has 0 aliphatic carbocycles. The summed E-state index contributed by atoms with van der Waals surface area (Å²) < 4.78 is 0. The number of carbonyl (C=O) groups is 2. The number of benzene rings is 1. The van der Waals surface area contributed by atoms with Crippen LogP contribution in [0.1, 0.15) is 36.7 Å². The molecule has 2 amide bonds. The summed E-state index contributed by atoms with van der Waals surface area (Å²) in [7, 11) is 0. The van der Waals surface area contributed by atoms with E-state index in [1.807, 2.05) is 39.8 Å². The van der Waals surface area contributed by atoms with Gasteiger partial charge in [0.1, 0.15) is 0 Å². The Kier molecular flexibility index (Phi) is 7.03. The average molecular weight is 340 g/mol. The van der Waals surface area contributed by atoms with Crippen LogP contribution < -0.4 is 16.0 Å². The first-order valence-electron chi connectivity index (χ1n) is 7.81. The minimum atomic E-state index is -0.111. The number of carbonyl (C=O) groups excluding carboxylic acids is 2. The highest BCUT2D eigenvalue weighted by Crippen LogP contribution is 2.20. The fourth-order valence-corrected chi connectivity index (χ4v) is 2.42. The van der Waals surface area contributed by atoms with E-state index in [0.29, 0.717) is 17.2 Å². The Labute approximate surface area is 144 Å². The number of amides is 2. The van der Waals surface area contributed by atoms with Crippen LogP contribution in [0.3, 0.4) is 0 Å². The molecule has 0 bridgehead atoms. The van der Waals surface area contributed by atoms with Gasteiger partial charge in [0.25, 0.3) is 5.91 Å². The lowest BCUT2D eigenvalue weighted by atomic mass is 9.88. The first-order chi connectivity index (χ1) is 10.4. The van der Waals surface area contributed by atoms with Crippen LogP contribution in [0, 0.1) is 18.8 Å². The molecule has 0 saturated carbocycles. The molecule has 128 valence electrons. The van der Waals surface area contributed by atoms with Gasteiger partial charge in [-0.3, -0.25) is 9.59 Å². The Morgan fingerprint density at radius 3 is 2.39 bits per heavy atom. The smallest absolute Gasteiger partial charge is 0.251 e. The van der Waals surface area contributed by atoms with E-state index in [9.17, 15) is 9.59 Å². The average Bonchev–Trinajstić information content (AvgIpc) is 2.37. The van der Waals surface area contributed by atoms with Gasteiger partial charge >= 0.3 is 0 Å². The van der Waals surface area contributed by atoms with Crippen molar-refractivity contribution in [3.8, 4) is 0 Å². The predicted molar refractivity (Wildman–Crippen MR) is 95.2 cm³/mol. The summed E-state index contributed by atoms with van der Waals surface area (Å²) in [5, 5.41) is 8.98. The summed E-state index contributed by atoms with van der Waals surface area (Å²) in [5.41, 5.74) is 2.17. The van der Waals surface area contributed by atoms with Crippen LogP contribution in [0.2, 0.25) is 0 Å². The summed E-state index contributed by atoms with van der Waals surface area (Å²) in [4.78, 5) is 24.4. The summed E-state index contributed by atoms with van der Waals surface area (Å²) in [6, 6.07) is 5.53. The predicted octanol–water partition coefficient (Wildman–Crippen LogP) is 2.35. The minimum absolute atomic E-state index is 0. The third kappa shape index (κ3) is 4.94. The highest BCUT2D eigenvalue weighted by atomic mass is 35.5. The Balaban J connectivity index is 0.00000264. The van der Waals surface area contributed by atoms with E-state index in [0.717, 1.165) is 18.7 Å². The van der Waals surface area contributed by atoms with Gasteiger partial charge in [0, 0.05) is 23.2 Å². The van der Waals surface area contributed by atoms with Crippen LogP contribution in [-0.4, -0.2) is 30.9 Å². The highest BCUT2D eigenvalue weighted by Gasteiger charge is 2.28. The van der Waals surface area contributed by atoms with Gasteiger partial charge in [-0.1, -0.05) is 13.0 Å². The van der Waals surface area contributed by atoms with E-state index in [2.05, 4.69) is 16.0 Å². The van der Waals surface area contributed by atoms with E-state index in [-0.39, 0.29) is 36.2 Å². The third-order valence-corrected chi connectivity index (χ3v) is 4.10. The van der Waals surface area contributed by atoms with Gasteiger partial charge in [0.05, 0.1) is 0 Å². The first kappa shape index (κ1) is 19.5. The summed E-state index contributed by atoms with van der Waals surface area (Å²) in [6.07, 6.45) is 0. The second kappa shape index (κ2) is 8.31. The van der Waals surface area contributed by atoms with Crippen LogP contribution in [0.25, 0.3) is 0 Å². The second-order valence-electron chi connectivity index (χ2n) is 6.35. The Morgan fingerprint density at radius 2 is 1.87 bits per heavy atom. The normalized spacial score (nSPS) is 15.3. The molecule has 1 aromatic rings. The van der Waals surface area contributed by atoms with E-state index >= 15 is 0 Å². The Hall–Kier alpha value is -1.59. The van der Waals surface area contributed by atoms with E-state index in [1.165, 1.54) is 0 Å². The second-order valence-corrected chi connectivity index (χ2v) is 6.35. The van der Waals surface area contributed by atoms with Gasteiger partial charge in [-0.25, -0.2) is 0 Å². The van der Waals surface area contributed by atoms with Crippen molar-refractivity contribution in [2.24, 2.45) is 11.8 Å². The third-order valence-electron chi connectivity index (χ3n) is 4.10. The molecule has 0 spiro atoms. The van der Waals surface area contributed by atoms with Gasteiger partial charge in [-0.15, -0.1) is 12.4 Å². The lowest BCUT2D eigenvalue weighted by Crippen LogP contribution is -2.48. The maximum atomic E-state index is 12.3. The number of nitrogens with one attached hydrogen (secondary N) is 3. The molecule has 23 heavy (non-hydrogen) atoms. The molecule has 3 N–H and O–H groups in total. The molecule has 1 aliphatic heterocycles. The van der Waals surface area contributed by atoms with Crippen molar-refractivity contribution in [2.45, 2.75) is 33.7 Å². The molecule has 1 aromatic carbocycles. The van der Waals surface area contributed by atoms with Crippen molar-refractivity contribution < 1.29 is 9.59 Å². The zero-order chi connectivity index (χ0) is 16.3. The molecule has 1 unspecified atom stereocenters. The van der Waals surface area contributed by atoms with Crippen LogP contribution in [0.5, 0.6) is 0 Å². The van der Waals surface area contributed by atoms with Gasteiger partial charge in [-0.05, 0) is 57.5 Å². The number of aryl methyl sites for hydroxylation is 1. The van der Waals surface area contributed by atoms with Crippen molar-refractivity contribution in [3.05, 3.63) is 29.3 Å². The lowest BCUT2D eigenvalue weighted by molar-refractivity contribution is -0.121. The van der Waals surface area contributed by atoms with Crippen LogP contribution in [-0.2, 0) is 4.79 Å². The fourth-order valence-electron chi connectivity index (χ4n) is 2.42. The SMILES string of the molecule is Cc1ccc(NC(=O)C(C)C2CNC2)cc1C(=O)NC(C)C.Cl. The van der Waals surface area contributed by atoms with Crippen molar-refractivity contribution in [2.75, 3.05) is 18.4 Å². The topological polar surface area (TPSA) is 70.2 Å². The molecule has 2 rings (SSSR count). The van der Waals surface area contributed by atoms with E-state index in [4.69, 9.17) is 0 Å². The number of halogens is 1. The van der Waals surface area contributed by atoms with Crippen LogP contribution in [0.15, 0.2) is 18.2 Å². The highest BCUT2D eigenvalue weighted by molar-refractivity contribution is 5.98. The van der Waals surface area contributed by atoms with Crippen LogP contribution >= 0.6 is 12.4 Å². The van der Waals surface area contributed by atoms with Crippen molar-refractivity contribution in [1.82, 2.24) is 10.6 Å². The van der Waals surface area contributed by atoms with E-state index in [1.54, 1.807) is 6.07 Å². The quantitative estimate of drug-likeness (QED) is 0.771. The minimum Gasteiger partial charge on any atom is -0.350 e. The maximum absolute atomic E-state index is 12.3. The molecule has 1 aliphatic rings. The fraction of sp³-hybridized carbons (Fsp3) is 0.529. The van der Waals surface area contributed by atoms with E-state index < -0.39 is 0 Å². The van der Waals surface area contributed by atoms with Crippen molar-refractivity contribution in [1.29, 1.82) is 0 Å². The number of hydrogen-bond donors (Lipinski definition) is 3. The van der Waals surface area contributed by atoms with Gasteiger partial charge in [-0.2, -0.15) is 0 Å². The zero-order valence-corrected chi connectivity index (χ0v) is 14.9. The number of rotatable bonds is 5. The van der Waals surface area contributed by atoms with Crippen molar-refractivity contribution >= 4 is 29.9 Å². The molecular formula is C17H26ClN3O2. The molecule has 5 nitrogen and oxygen atoms in total.